The first-order valence-electron chi connectivity index (χ1n) is 7.23. The van der Waals surface area contributed by atoms with Crippen LogP contribution in [0.3, 0.4) is 0 Å². The van der Waals surface area contributed by atoms with Gasteiger partial charge in [-0.15, -0.1) is 0 Å². The zero-order valence-electron chi connectivity index (χ0n) is 12.5. The van der Waals surface area contributed by atoms with Crippen LogP contribution in [0.1, 0.15) is 32.3 Å². The van der Waals surface area contributed by atoms with Crippen molar-refractivity contribution < 1.29 is 9.84 Å². The molecule has 2 aromatic rings. The number of allylic oxidation sites excluding steroid dienone is 1. The lowest BCUT2D eigenvalue weighted by atomic mass is 10.0. The number of ether oxygens (including phenoxy) is 1. The summed E-state index contributed by atoms with van der Waals surface area (Å²) in [5, 5.41) is 10.0. The van der Waals surface area contributed by atoms with E-state index in [9.17, 15) is 5.11 Å². The Balaban J connectivity index is 2.02. The Morgan fingerprint density at radius 1 is 1.43 bits per heavy atom. The predicted octanol–water partition coefficient (Wildman–Crippen LogP) is 2.54. The summed E-state index contributed by atoms with van der Waals surface area (Å²) >= 11 is 0. The van der Waals surface area contributed by atoms with E-state index in [1.807, 2.05) is 23.0 Å². The molecule has 0 saturated carbocycles. The average molecular weight is 287 g/mol. The smallest absolute Gasteiger partial charge is 0.201 e. The Bertz CT molecular complexity index is 695. The highest BCUT2D eigenvalue weighted by Gasteiger charge is 2.18. The van der Waals surface area contributed by atoms with E-state index in [0.717, 1.165) is 36.0 Å². The van der Waals surface area contributed by atoms with E-state index in [2.05, 4.69) is 11.1 Å². The lowest BCUT2D eigenvalue weighted by molar-refractivity contribution is 0.0633. The summed E-state index contributed by atoms with van der Waals surface area (Å²) in [4.78, 5) is 4.41. The molecule has 0 amide bonds. The van der Waals surface area contributed by atoms with Crippen LogP contribution in [0.4, 0.5) is 5.95 Å². The Morgan fingerprint density at radius 3 is 2.90 bits per heavy atom. The molecule has 2 heterocycles. The van der Waals surface area contributed by atoms with Crippen molar-refractivity contribution >= 4 is 22.6 Å². The van der Waals surface area contributed by atoms with Crippen LogP contribution in [-0.2, 0) is 11.3 Å². The van der Waals surface area contributed by atoms with E-state index in [1.54, 1.807) is 13.8 Å². The number of hydrogen-bond acceptors (Lipinski definition) is 4. The molecule has 112 valence electrons. The maximum atomic E-state index is 10.0. The number of hydrogen-bond donors (Lipinski definition) is 2. The molecule has 0 fully saturated rings. The molecule has 21 heavy (non-hydrogen) atoms. The molecule has 0 bridgehead atoms. The zero-order valence-corrected chi connectivity index (χ0v) is 12.5. The molecule has 0 radical (unpaired) electrons. The summed E-state index contributed by atoms with van der Waals surface area (Å²) in [6.07, 6.45) is 3.90. The standard InChI is InChI=1S/C16H21N3O2/c1-16(2,20)10-19-14-6-5-11(8-13(14)18-15(19)17)12-4-3-7-21-9-12/h5-6,8-9,20H,3-4,7,10H2,1-2H3,(H2,17,18). The minimum atomic E-state index is -0.833. The lowest BCUT2D eigenvalue weighted by Crippen LogP contribution is -2.26. The molecule has 1 aromatic heterocycles. The average Bonchev–Trinajstić information content (AvgIpc) is 2.74. The van der Waals surface area contributed by atoms with Gasteiger partial charge in [0.05, 0.1) is 36.0 Å². The number of fused-ring (bicyclic) bond motifs is 1. The number of nitrogen functional groups attached to an aromatic ring is 1. The van der Waals surface area contributed by atoms with Crippen molar-refractivity contribution in [2.45, 2.75) is 38.8 Å². The second kappa shape index (κ2) is 5.07. The fourth-order valence-electron chi connectivity index (χ4n) is 2.68. The van der Waals surface area contributed by atoms with Crippen LogP contribution in [0.25, 0.3) is 16.6 Å². The molecule has 0 saturated heterocycles. The van der Waals surface area contributed by atoms with Gasteiger partial charge in [0.25, 0.3) is 0 Å². The summed E-state index contributed by atoms with van der Waals surface area (Å²) < 4.78 is 7.25. The number of anilines is 1. The number of rotatable bonds is 3. The Morgan fingerprint density at radius 2 is 2.24 bits per heavy atom. The molecule has 5 heteroatoms. The van der Waals surface area contributed by atoms with Gasteiger partial charge in [0, 0.05) is 0 Å². The van der Waals surface area contributed by atoms with E-state index in [0.29, 0.717) is 12.5 Å². The lowest BCUT2D eigenvalue weighted by Gasteiger charge is -2.19. The van der Waals surface area contributed by atoms with Gasteiger partial charge in [-0.25, -0.2) is 4.98 Å². The van der Waals surface area contributed by atoms with Gasteiger partial charge in [0.15, 0.2) is 0 Å². The zero-order chi connectivity index (χ0) is 15.0. The van der Waals surface area contributed by atoms with Gasteiger partial charge in [-0.3, -0.25) is 0 Å². The number of aromatic nitrogens is 2. The van der Waals surface area contributed by atoms with Gasteiger partial charge in [-0.2, -0.15) is 0 Å². The van der Waals surface area contributed by atoms with Crippen LogP contribution in [0.5, 0.6) is 0 Å². The topological polar surface area (TPSA) is 73.3 Å². The summed E-state index contributed by atoms with van der Waals surface area (Å²) in [6, 6.07) is 6.10. The molecular formula is C16H21N3O2. The largest absolute Gasteiger partial charge is 0.501 e. The maximum absolute atomic E-state index is 10.0. The van der Waals surface area contributed by atoms with Crippen molar-refractivity contribution in [3.8, 4) is 0 Å². The molecule has 1 aliphatic heterocycles. The van der Waals surface area contributed by atoms with Gasteiger partial charge >= 0.3 is 0 Å². The molecule has 0 unspecified atom stereocenters. The molecule has 0 atom stereocenters. The van der Waals surface area contributed by atoms with Crippen molar-refractivity contribution in [2.24, 2.45) is 0 Å². The van der Waals surface area contributed by atoms with E-state index < -0.39 is 5.60 Å². The first kappa shape index (κ1) is 13.9. The monoisotopic (exact) mass is 287 g/mol. The Labute approximate surface area is 124 Å². The highest BCUT2D eigenvalue weighted by atomic mass is 16.5. The highest BCUT2D eigenvalue weighted by Crippen LogP contribution is 2.28. The summed E-state index contributed by atoms with van der Waals surface area (Å²) in [7, 11) is 0. The van der Waals surface area contributed by atoms with Crippen molar-refractivity contribution in [3.05, 3.63) is 30.0 Å². The molecule has 5 nitrogen and oxygen atoms in total. The third kappa shape index (κ3) is 2.88. The van der Waals surface area contributed by atoms with Crippen LogP contribution >= 0.6 is 0 Å². The molecule has 3 rings (SSSR count). The highest BCUT2D eigenvalue weighted by molar-refractivity contribution is 5.83. The third-order valence-electron chi connectivity index (χ3n) is 3.63. The molecule has 1 aromatic carbocycles. The summed E-state index contributed by atoms with van der Waals surface area (Å²) in [5.74, 6) is 0.429. The van der Waals surface area contributed by atoms with E-state index in [1.165, 1.54) is 5.57 Å². The van der Waals surface area contributed by atoms with Gasteiger partial charge in [0.2, 0.25) is 5.95 Å². The first-order valence-corrected chi connectivity index (χ1v) is 7.23. The number of aliphatic hydroxyl groups is 1. The number of nitrogens with zero attached hydrogens (tertiary/aromatic N) is 2. The molecule has 3 N–H and O–H groups in total. The Kier molecular flexibility index (Phi) is 3.37. The van der Waals surface area contributed by atoms with Crippen molar-refractivity contribution in [3.63, 3.8) is 0 Å². The predicted molar refractivity (Wildman–Crippen MR) is 83.6 cm³/mol. The van der Waals surface area contributed by atoms with E-state index in [4.69, 9.17) is 10.5 Å². The first-order chi connectivity index (χ1) is 9.94. The minimum absolute atomic E-state index is 0.417. The molecule has 1 aliphatic rings. The number of nitrogens with two attached hydrogens (primary N) is 1. The van der Waals surface area contributed by atoms with E-state index >= 15 is 0 Å². The van der Waals surface area contributed by atoms with Crippen molar-refractivity contribution in [1.82, 2.24) is 9.55 Å². The van der Waals surface area contributed by atoms with Gasteiger partial charge in [-0.05, 0) is 50.0 Å². The Hall–Kier alpha value is -2.01. The van der Waals surface area contributed by atoms with Crippen LogP contribution < -0.4 is 5.73 Å². The fraction of sp³-hybridized carbons (Fsp3) is 0.438. The van der Waals surface area contributed by atoms with Crippen molar-refractivity contribution in [2.75, 3.05) is 12.3 Å². The van der Waals surface area contributed by atoms with Crippen LogP contribution in [-0.4, -0.2) is 26.9 Å². The maximum Gasteiger partial charge on any atom is 0.201 e. The minimum Gasteiger partial charge on any atom is -0.501 e. The second-order valence-electron chi connectivity index (χ2n) is 6.19. The summed E-state index contributed by atoms with van der Waals surface area (Å²) in [5.41, 5.74) is 9.26. The van der Waals surface area contributed by atoms with Crippen LogP contribution in [0.15, 0.2) is 24.5 Å². The molecular weight excluding hydrogens is 266 g/mol. The number of imidazole rings is 1. The summed E-state index contributed by atoms with van der Waals surface area (Å²) in [6.45, 7) is 4.73. The quantitative estimate of drug-likeness (QED) is 0.910. The van der Waals surface area contributed by atoms with Crippen LogP contribution in [0.2, 0.25) is 0 Å². The van der Waals surface area contributed by atoms with Gasteiger partial charge < -0.3 is 20.1 Å². The van der Waals surface area contributed by atoms with Crippen LogP contribution in [0, 0.1) is 0 Å². The van der Waals surface area contributed by atoms with Gasteiger partial charge in [0.1, 0.15) is 0 Å². The SMILES string of the molecule is CC(C)(O)Cn1c(N)nc2cc(C3=COCCC3)ccc21. The van der Waals surface area contributed by atoms with Crippen molar-refractivity contribution in [1.29, 1.82) is 0 Å². The molecule has 0 spiro atoms. The normalized spacial score (nSPS) is 15.9. The van der Waals surface area contributed by atoms with E-state index in [-0.39, 0.29) is 0 Å². The third-order valence-corrected chi connectivity index (χ3v) is 3.63. The van der Waals surface area contributed by atoms with Gasteiger partial charge in [-0.1, -0.05) is 6.07 Å². The molecule has 0 aliphatic carbocycles. The number of benzene rings is 1. The second-order valence-corrected chi connectivity index (χ2v) is 6.19. The fourth-order valence-corrected chi connectivity index (χ4v) is 2.68.